The first-order valence-corrected chi connectivity index (χ1v) is 7.27. The highest BCUT2D eigenvalue weighted by Gasteiger charge is 2.12. The van der Waals surface area contributed by atoms with E-state index in [1.165, 1.54) is 12.1 Å². The van der Waals surface area contributed by atoms with Gasteiger partial charge in [0, 0.05) is 24.3 Å². The smallest absolute Gasteiger partial charge is 0.142 e. The van der Waals surface area contributed by atoms with Crippen LogP contribution in [0.4, 0.5) is 4.39 Å². The maximum Gasteiger partial charge on any atom is 0.142 e. The molecule has 0 aliphatic carbocycles. The summed E-state index contributed by atoms with van der Waals surface area (Å²) in [4.78, 5) is 0. The number of rotatable bonds is 8. The van der Waals surface area contributed by atoms with E-state index in [0.717, 1.165) is 38.2 Å². The van der Waals surface area contributed by atoms with E-state index in [1.54, 1.807) is 0 Å². The van der Waals surface area contributed by atoms with Gasteiger partial charge in [0.05, 0.1) is 5.02 Å². The number of hydrogen-bond acceptors (Lipinski definition) is 2. The monoisotopic (exact) mass is 307 g/mol. The van der Waals surface area contributed by atoms with Crippen molar-refractivity contribution in [2.75, 3.05) is 19.8 Å². The third kappa shape index (κ3) is 5.65. The molecule has 0 aliphatic rings. The van der Waals surface area contributed by atoms with Crippen molar-refractivity contribution in [2.24, 2.45) is 0 Å². The maximum atomic E-state index is 13.4. The Kier molecular flexibility index (Phi) is 7.69. The molecule has 1 unspecified atom stereocenters. The van der Waals surface area contributed by atoms with E-state index in [9.17, 15) is 4.39 Å². The zero-order valence-electron chi connectivity index (χ0n) is 11.3. The second-order valence-electron chi connectivity index (χ2n) is 4.43. The van der Waals surface area contributed by atoms with Crippen molar-refractivity contribution in [2.45, 2.75) is 32.7 Å². The summed E-state index contributed by atoms with van der Waals surface area (Å²) < 4.78 is 18.8. The summed E-state index contributed by atoms with van der Waals surface area (Å²) in [6.07, 6.45) is 1.95. The van der Waals surface area contributed by atoms with Gasteiger partial charge in [0.25, 0.3) is 0 Å². The first-order valence-electron chi connectivity index (χ1n) is 6.51. The van der Waals surface area contributed by atoms with Crippen LogP contribution in [0.3, 0.4) is 0 Å². The highest BCUT2D eigenvalue weighted by atomic mass is 35.5. The van der Waals surface area contributed by atoms with Crippen molar-refractivity contribution in [1.82, 2.24) is 5.32 Å². The SMILES string of the molecule is CCCOCCCNC(C)c1cc(F)c(Cl)cc1Cl. The van der Waals surface area contributed by atoms with Crippen molar-refractivity contribution in [3.63, 3.8) is 0 Å². The van der Waals surface area contributed by atoms with E-state index < -0.39 is 5.82 Å². The second kappa shape index (κ2) is 8.75. The van der Waals surface area contributed by atoms with E-state index in [-0.39, 0.29) is 11.1 Å². The Balaban J connectivity index is 2.41. The summed E-state index contributed by atoms with van der Waals surface area (Å²) in [5.74, 6) is -0.444. The molecule has 0 bridgehead atoms. The third-order valence-corrected chi connectivity index (χ3v) is 3.39. The Hall–Kier alpha value is -0.350. The largest absolute Gasteiger partial charge is 0.381 e. The van der Waals surface area contributed by atoms with Gasteiger partial charge in [0.1, 0.15) is 5.82 Å². The van der Waals surface area contributed by atoms with Crippen molar-refractivity contribution in [3.05, 3.63) is 33.6 Å². The minimum atomic E-state index is -0.444. The molecule has 0 aliphatic heterocycles. The summed E-state index contributed by atoms with van der Waals surface area (Å²) in [7, 11) is 0. The predicted molar refractivity (Wildman–Crippen MR) is 78.6 cm³/mol. The molecule has 0 radical (unpaired) electrons. The third-order valence-electron chi connectivity index (χ3n) is 2.77. The standard InChI is InChI=1S/C14H20Cl2FNO/c1-3-6-19-7-4-5-18-10(2)11-8-14(17)13(16)9-12(11)15/h8-10,18H,3-7H2,1-2H3. The fraction of sp³-hybridized carbons (Fsp3) is 0.571. The summed E-state index contributed by atoms with van der Waals surface area (Å²) in [5.41, 5.74) is 0.720. The summed E-state index contributed by atoms with van der Waals surface area (Å²) in [6.45, 7) is 6.35. The zero-order chi connectivity index (χ0) is 14.3. The first-order chi connectivity index (χ1) is 9.06. The van der Waals surface area contributed by atoms with Gasteiger partial charge in [-0.05, 0) is 44.0 Å². The normalized spacial score (nSPS) is 12.7. The Morgan fingerprint density at radius 3 is 2.68 bits per heavy atom. The molecule has 0 spiro atoms. The molecular weight excluding hydrogens is 288 g/mol. The lowest BCUT2D eigenvalue weighted by Crippen LogP contribution is -2.21. The van der Waals surface area contributed by atoms with E-state index in [1.807, 2.05) is 6.92 Å². The lowest BCUT2D eigenvalue weighted by molar-refractivity contribution is 0.132. The van der Waals surface area contributed by atoms with Gasteiger partial charge in [-0.2, -0.15) is 0 Å². The number of benzene rings is 1. The van der Waals surface area contributed by atoms with Crippen LogP contribution in [-0.4, -0.2) is 19.8 Å². The highest BCUT2D eigenvalue weighted by Crippen LogP contribution is 2.28. The molecule has 0 saturated carbocycles. The molecule has 0 heterocycles. The van der Waals surface area contributed by atoms with E-state index in [0.29, 0.717) is 5.02 Å². The van der Waals surface area contributed by atoms with Gasteiger partial charge in [0.15, 0.2) is 0 Å². The molecule has 1 aromatic carbocycles. The molecular formula is C14H20Cl2FNO. The van der Waals surface area contributed by atoms with Crippen LogP contribution >= 0.6 is 23.2 Å². The Morgan fingerprint density at radius 1 is 1.26 bits per heavy atom. The molecule has 1 atom stereocenters. The number of ether oxygens (including phenoxy) is 1. The Morgan fingerprint density at radius 2 is 2.00 bits per heavy atom. The van der Waals surface area contributed by atoms with Gasteiger partial charge in [-0.25, -0.2) is 4.39 Å². The average Bonchev–Trinajstić information content (AvgIpc) is 2.37. The molecule has 1 rings (SSSR count). The molecule has 19 heavy (non-hydrogen) atoms. The molecule has 108 valence electrons. The van der Waals surface area contributed by atoms with E-state index in [2.05, 4.69) is 12.2 Å². The Bertz CT molecular complexity index is 401. The Labute approximate surface area is 124 Å². The van der Waals surface area contributed by atoms with Crippen LogP contribution in [0.2, 0.25) is 10.0 Å². The zero-order valence-corrected chi connectivity index (χ0v) is 12.8. The first kappa shape index (κ1) is 16.7. The molecule has 0 saturated heterocycles. The fourth-order valence-electron chi connectivity index (χ4n) is 1.72. The van der Waals surface area contributed by atoms with Gasteiger partial charge in [-0.15, -0.1) is 0 Å². The second-order valence-corrected chi connectivity index (χ2v) is 5.24. The molecule has 0 aromatic heterocycles. The molecule has 2 nitrogen and oxygen atoms in total. The lowest BCUT2D eigenvalue weighted by atomic mass is 10.1. The van der Waals surface area contributed by atoms with Gasteiger partial charge >= 0.3 is 0 Å². The van der Waals surface area contributed by atoms with Gasteiger partial charge < -0.3 is 10.1 Å². The number of halogens is 3. The minimum absolute atomic E-state index is 0.0227. The molecule has 0 amide bonds. The van der Waals surface area contributed by atoms with Gasteiger partial charge in [-0.3, -0.25) is 0 Å². The lowest BCUT2D eigenvalue weighted by Gasteiger charge is -2.16. The van der Waals surface area contributed by atoms with Crippen LogP contribution in [0.25, 0.3) is 0 Å². The van der Waals surface area contributed by atoms with Crippen molar-refractivity contribution in [1.29, 1.82) is 0 Å². The summed E-state index contributed by atoms with van der Waals surface area (Å²) in [6, 6.07) is 2.80. The van der Waals surface area contributed by atoms with Crippen molar-refractivity contribution >= 4 is 23.2 Å². The molecule has 1 aromatic rings. The topological polar surface area (TPSA) is 21.3 Å². The van der Waals surface area contributed by atoms with Crippen LogP contribution in [0.15, 0.2) is 12.1 Å². The summed E-state index contributed by atoms with van der Waals surface area (Å²) >= 11 is 11.7. The molecule has 1 N–H and O–H groups in total. The van der Waals surface area contributed by atoms with Crippen molar-refractivity contribution < 1.29 is 9.13 Å². The average molecular weight is 308 g/mol. The minimum Gasteiger partial charge on any atom is -0.381 e. The van der Waals surface area contributed by atoms with Crippen LogP contribution in [-0.2, 0) is 4.74 Å². The number of nitrogens with one attached hydrogen (secondary N) is 1. The van der Waals surface area contributed by atoms with Gasteiger partial charge in [-0.1, -0.05) is 30.1 Å². The fourth-order valence-corrected chi connectivity index (χ4v) is 2.27. The van der Waals surface area contributed by atoms with E-state index >= 15 is 0 Å². The van der Waals surface area contributed by atoms with Crippen LogP contribution < -0.4 is 5.32 Å². The van der Waals surface area contributed by atoms with Crippen LogP contribution in [0, 0.1) is 5.82 Å². The maximum absolute atomic E-state index is 13.4. The van der Waals surface area contributed by atoms with Crippen LogP contribution in [0.5, 0.6) is 0 Å². The molecule has 5 heteroatoms. The number of hydrogen-bond donors (Lipinski definition) is 1. The van der Waals surface area contributed by atoms with Gasteiger partial charge in [0.2, 0.25) is 0 Å². The predicted octanol–water partition coefficient (Wildman–Crippen LogP) is 4.60. The van der Waals surface area contributed by atoms with Crippen molar-refractivity contribution in [3.8, 4) is 0 Å². The quantitative estimate of drug-likeness (QED) is 0.560. The molecule has 0 fully saturated rings. The highest BCUT2D eigenvalue weighted by molar-refractivity contribution is 6.35. The summed E-state index contributed by atoms with van der Waals surface area (Å²) in [5, 5.41) is 3.82. The van der Waals surface area contributed by atoms with Crippen LogP contribution in [0.1, 0.15) is 38.3 Å². The van der Waals surface area contributed by atoms with E-state index in [4.69, 9.17) is 27.9 Å².